The molecule has 0 amide bonds. The molecule has 0 saturated heterocycles. The van der Waals surface area contributed by atoms with Gasteiger partial charge in [-0.3, -0.25) is 0 Å². The van der Waals surface area contributed by atoms with Crippen LogP contribution in [0.3, 0.4) is 0 Å². The summed E-state index contributed by atoms with van der Waals surface area (Å²) in [7, 11) is 0. The molecular formula is C16H16O3. The van der Waals surface area contributed by atoms with Crippen molar-refractivity contribution < 1.29 is 14.6 Å². The number of rotatable bonds is 4. The van der Waals surface area contributed by atoms with E-state index in [1.54, 1.807) is 13.0 Å². The van der Waals surface area contributed by atoms with E-state index in [9.17, 15) is 9.90 Å². The second kappa shape index (κ2) is 5.67. The van der Waals surface area contributed by atoms with Gasteiger partial charge in [-0.05, 0) is 23.3 Å². The second-order valence-corrected chi connectivity index (χ2v) is 4.22. The van der Waals surface area contributed by atoms with Crippen LogP contribution in [0.25, 0.3) is 10.8 Å². The average Bonchev–Trinajstić information content (AvgIpc) is 2.45. The molecule has 0 bridgehead atoms. The number of ether oxygens (including phenoxy) is 1. The maximum Gasteiger partial charge on any atom is 0.336 e. The van der Waals surface area contributed by atoms with Crippen LogP contribution in [0.5, 0.6) is 0 Å². The van der Waals surface area contributed by atoms with Crippen LogP contribution in [-0.4, -0.2) is 17.7 Å². The van der Waals surface area contributed by atoms with E-state index >= 15 is 0 Å². The number of esters is 1. The molecule has 0 fully saturated rings. The molecule has 19 heavy (non-hydrogen) atoms. The van der Waals surface area contributed by atoms with Gasteiger partial charge in [0.2, 0.25) is 0 Å². The summed E-state index contributed by atoms with van der Waals surface area (Å²) >= 11 is 0. The van der Waals surface area contributed by atoms with Crippen molar-refractivity contribution in [1.29, 1.82) is 0 Å². The summed E-state index contributed by atoms with van der Waals surface area (Å²) in [5.74, 6) is -0.567. The van der Waals surface area contributed by atoms with Crippen LogP contribution in [0.2, 0.25) is 0 Å². The molecule has 2 aromatic rings. The van der Waals surface area contributed by atoms with Gasteiger partial charge in [0.1, 0.15) is 6.10 Å². The van der Waals surface area contributed by atoms with Crippen LogP contribution in [0, 0.1) is 0 Å². The Morgan fingerprint density at radius 1 is 1.26 bits per heavy atom. The first-order chi connectivity index (χ1) is 9.15. The van der Waals surface area contributed by atoms with Gasteiger partial charge in [-0.1, -0.05) is 49.0 Å². The zero-order valence-electron chi connectivity index (χ0n) is 10.8. The predicted molar refractivity (Wildman–Crippen MR) is 74.7 cm³/mol. The summed E-state index contributed by atoms with van der Waals surface area (Å²) in [5, 5.41) is 12.2. The highest BCUT2D eigenvalue weighted by atomic mass is 16.5. The fraction of sp³-hybridized carbons (Fsp3) is 0.188. The molecule has 0 spiro atoms. The molecule has 0 heterocycles. The van der Waals surface area contributed by atoms with Gasteiger partial charge < -0.3 is 9.84 Å². The molecule has 0 aliphatic carbocycles. The van der Waals surface area contributed by atoms with E-state index in [4.69, 9.17) is 4.74 Å². The molecule has 2 rings (SSSR count). The zero-order valence-corrected chi connectivity index (χ0v) is 10.8. The van der Waals surface area contributed by atoms with Crippen molar-refractivity contribution in [3.8, 4) is 0 Å². The third-order valence-electron chi connectivity index (χ3n) is 2.99. The van der Waals surface area contributed by atoms with Crippen LogP contribution in [0.4, 0.5) is 0 Å². The van der Waals surface area contributed by atoms with Crippen molar-refractivity contribution in [1.82, 2.24) is 0 Å². The molecule has 0 aromatic heterocycles. The molecule has 1 N–H and O–H groups in total. The lowest BCUT2D eigenvalue weighted by Crippen LogP contribution is -2.13. The number of fused-ring (bicyclic) bond motifs is 1. The molecular weight excluding hydrogens is 240 g/mol. The summed E-state index contributed by atoms with van der Waals surface area (Å²) in [6.45, 7) is 5.61. The van der Waals surface area contributed by atoms with Crippen molar-refractivity contribution in [2.24, 2.45) is 0 Å². The first-order valence-corrected chi connectivity index (χ1v) is 6.16. The minimum Gasteiger partial charge on any atom is -0.463 e. The van der Waals surface area contributed by atoms with E-state index in [1.807, 2.05) is 36.4 Å². The minimum absolute atomic E-state index is 0.0539. The lowest BCUT2D eigenvalue weighted by molar-refractivity contribution is -0.139. The van der Waals surface area contributed by atoms with E-state index in [2.05, 4.69) is 6.58 Å². The van der Waals surface area contributed by atoms with Crippen molar-refractivity contribution in [2.45, 2.75) is 13.0 Å². The Hall–Kier alpha value is -2.13. The molecule has 0 radical (unpaired) electrons. The van der Waals surface area contributed by atoms with Gasteiger partial charge in [-0.2, -0.15) is 0 Å². The predicted octanol–water partition coefficient (Wildman–Crippen LogP) is 2.99. The molecule has 0 saturated carbocycles. The van der Waals surface area contributed by atoms with E-state index in [0.29, 0.717) is 5.56 Å². The van der Waals surface area contributed by atoms with E-state index in [1.165, 1.54) is 0 Å². The van der Waals surface area contributed by atoms with Gasteiger partial charge in [0.05, 0.1) is 12.2 Å². The largest absolute Gasteiger partial charge is 0.463 e. The van der Waals surface area contributed by atoms with Crippen molar-refractivity contribution in [2.75, 3.05) is 6.61 Å². The topological polar surface area (TPSA) is 46.5 Å². The van der Waals surface area contributed by atoms with Crippen molar-refractivity contribution >= 4 is 16.7 Å². The SMILES string of the molecule is C=C(C(=O)OCC)C(O)c1cccc2ccccc12. The number of benzene rings is 2. The summed E-state index contributed by atoms with van der Waals surface area (Å²) in [5.41, 5.74) is 0.717. The standard InChI is InChI=1S/C16H16O3/c1-3-19-16(18)11(2)15(17)14-10-6-8-12-7-4-5-9-13(12)14/h4-10,15,17H,2-3H2,1H3. The van der Waals surface area contributed by atoms with Gasteiger partial charge in [0.15, 0.2) is 0 Å². The lowest BCUT2D eigenvalue weighted by atomic mass is 9.96. The van der Waals surface area contributed by atoms with Gasteiger partial charge in [-0.15, -0.1) is 0 Å². The van der Waals surface area contributed by atoms with Crippen molar-refractivity contribution in [3.63, 3.8) is 0 Å². The Morgan fingerprint density at radius 2 is 1.95 bits per heavy atom. The number of hydrogen-bond acceptors (Lipinski definition) is 3. The number of aliphatic hydroxyl groups is 1. The maximum atomic E-state index is 11.6. The molecule has 0 aliphatic rings. The highest BCUT2D eigenvalue weighted by Crippen LogP contribution is 2.28. The number of carbonyl (C=O) groups is 1. The Balaban J connectivity index is 2.39. The van der Waals surface area contributed by atoms with Crippen LogP contribution in [-0.2, 0) is 9.53 Å². The second-order valence-electron chi connectivity index (χ2n) is 4.22. The first kappa shape index (κ1) is 13.3. The summed E-state index contributed by atoms with van der Waals surface area (Å²) < 4.78 is 4.86. The molecule has 3 heteroatoms. The van der Waals surface area contributed by atoms with E-state index in [0.717, 1.165) is 10.8 Å². The Morgan fingerprint density at radius 3 is 2.68 bits per heavy atom. The first-order valence-electron chi connectivity index (χ1n) is 6.16. The van der Waals surface area contributed by atoms with Gasteiger partial charge in [-0.25, -0.2) is 4.79 Å². The van der Waals surface area contributed by atoms with Crippen LogP contribution in [0.15, 0.2) is 54.6 Å². The van der Waals surface area contributed by atoms with Crippen LogP contribution < -0.4 is 0 Å². The van der Waals surface area contributed by atoms with Crippen molar-refractivity contribution in [3.05, 3.63) is 60.2 Å². The molecule has 0 aliphatic heterocycles. The maximum absolute atomic E-state index is 11.6. The van der Waals surface area contributed by atoms with Crippen LogP contribution >= 0.6 is 0 Å². The quantitative estimate of drug-likeness (QED) is 0.675. The smallest absolute Gasteiger partial charge is 0.336 e. The normalized spacial score (nSPS) is 12.1. The minimum atomic E-state index is -1.05. The zero-order chi connectivity index (χ0) is 13.8. The van der Waals surface area contributed by atoms with Crippen LogP contribution in [0.1, 0.15) is 18.6 Å². The van der Waals surface area contributed by atoms with Gasteiger partial charge in [0.25, 0.3) is 0 Å². The molecule has 1 atom stereocenters. The summed E-state index contributed by atoms with van der Waals surface area (Å²) in [4.78, 5) is 11.6. The Bertz CT molecular complexity index is 611. The highest BCUT2D eigenvalue weighted by Gasteiger charge is 2.20. The van der Waals surface area contributed by atoms with Gasteiger partial charge >= 0.3 is 5.97 Å². The third-order valence-corrected chi connectivity index (χ3v) is 2.99. The van der Waals surface area contributed by atoms with E-state index in [-0.39, 0.29) is 12.2 Å². The Kier molecular flexibility index (Phi) is 3.97. The molecule has 2 aromatic carbocycles. The van der Waals surface area contributed by atoms with E-state index < -0.39 is 12.1 Å². The number of aliphatic hydroxyl groups excluding tert-OH is 1. The molecule has 1 unspecified atom stereocenters. The number of hydrogen-bond donors (Lipinski definition) is 1. The summed E-state index contributed by atoms with van der Waals surface area (Å²) in [6, 6.07) is 13.3. The monoisotopic (exact) mass is 256 g/mol. The molecule has 98 valence electrons. The highest BCUT2D eigenvalue weighted by molar-refractivity contribution is 5.92. The fourth-order valence-electron chi connectivity index (χ4n) is 2.01. The summed E-state index contributed by atoms with van der Waals surface area (Å²) in [6.07, 6.45) is -1.05. The Labute approximate surface area is 112 Å². The number of carbonyl (C=O) groups excluding carboxylic acids is 1. The van der Waals surface area contributed by atoms with Gasteiger partial charge in [0, 0.05) is 0 Å². The fourth-order valence-corrected chi connectivity index (χ4v) is 2.01. The average molecular weight is 256 g/mol. The third kappa shape index (κ3) is 2.66. The molecule has 3 nitrogen and oxygen atoms in total. The lowest BCUT2D eigenvalue weighted by Gasteiger charge is -2.15.